The standard InChI is InChI=1S/C17H16ClF3N2O/c18-14-8-13(17(19,20)21)10-23-16(14)22-9-12-6-7-24-15(12)11-4-2-1-3-5-11/h1-5,8,10,12,15H,6-7,9H2,(H,22,23). The lowest BCUT2D eigenvalue weighted by atomic mass is 9.95. The summed E-state index contributed by atoms with van der Waals surface area (Å²) < 4.78 is 43.7. The topological polar surface area (TPSA) is 34.2 Å². The van der Waals surface area contributed by atoms with Crippen molar-refractivity contribution in [3.8, 4) is 0 Å². The molecule has 1 aromatic heterocycles. The Kier molecular flexibility index (Phi) is 4.96. The molecule has 3 rings (SSSR count). The van der Waals surface area contributed by atoms with Crippen LogP contribution in [0.1, 0.15) is 23.7 Å². The van der Waals surface area contributed by atoms with Crippen molar-refractivity contribution in [3.63, 3.8) is 0 Å². The summed E-state index contributed by atoms with van der Waals surface area (Å²) in [5.41, 5.74) is 0.234. The molecule has 2 atom stereocenters. The van der Waals surface area contributed by atoms with Crippen LogP contribution in [0.5, 0.6) is 0 Å². The molecule has 24 heavy (non-hydrogen) atoms. The van der Waals surface area contributed by atoms with Gasteiger partial charge in [-0.25, -0.2) is 4.98 Å². The summed E-state index contributed by atoms with van der Waals surface area (Å²) in [5.74, 6) is 0.455. The zero-order chi connectivity index (χ0) is 17.2. The first kappa shape index (κ1) is 17.0. The second-order valence-corrected chi connectivity index (χ2v) is 6.09. The molecule has 0 amide bonds. The van der Waals surface area contributed by atoms with Crippen molar-refractivity contribution >= 4 is 17.4 Å². The van der Waals surface area contributed by atoms with Crippen molar-refractivity contribution in [2.45, 2.75) is 18.7 Å². The van der Waals surface area contributed by atoms with Gasteiger partial charge < -0.3 is 10.1 Å². The predicted molar refractivity (Wildman–Crippen MR) is 86.0 cm³/mol. The fourth-order valence-corrected chi connectivity index (χ4v) is 3.04. The average molecular weight is 357 g/mol. The van der Waals surface area contributed by atoms with Crippen molar-refractivity contribution in [2.24, 2.45) is 5.92 Å². The van der Waals surface area contributed by atoms with E-state index in [0.29, 0.717) is 13.2 Å². The summed E-state index contributed by atoms with van der Waals surface area (Å²) in [7, 11) is 0. The summed E-state index contributed by atoms with van der Waals surface area (Å²) in [5, 5.41) is 3.00. The monoisotopic (exact) mass is 356 g/mol. The molecule has 3 nitrogen and oxygen atoms in total. The molecule has 0 radical (unpaired) electrons. The normalized spacial score (nSPS) is 21.0. The van der Waals surface area contributed by atoms with E-state index in [1.165, 1.54) is 0 Å². The van der Waals surface area contributed by atoms with Crippen molar-refractivity contribution in [2.75, 3.05) is 18.5 Å². The van der Waals surface area contributed by atoms with Crippen LogP contribution in [0.15, 0.2) is 42.6 Å². The maximum absolute atomic E-state index is 12.6. The number of hydrogen-bond acceptors (Lipinski definition) is 3. The number of pyridine rings is 1. The van der Waals surface area contributed by atoms with E-state index in [1.807, 2.05) is 30.3 Å². The molecule has 2 heterocycles. The Bertz CT molecular complexity index is 694. The highest BCUT2D eigenvalue weighted by molar-refractivity contribution is 6.32. The molecule has 0 bridgehead atoms. The summed E-state index contributed by atoms with van der Waals surface area (Å²) in [6.45, 7) is 1.18. The van der Waals surface area contributed by atoms with Gasteiger partial charge >= 0.3 is 6.18 Å². The second kappa shape index (κ2) is 6.99. The van der Waals surface area contributed by atoms with Gasteiger partial charge in [-0.15, -0.1) is 0 Å². The van der Waals surface area contributed by atoms with Crippen molar-refractivity contribution < 1.29 is 17.9 Å². The molecule has 1 fully saturated rings. The van der Waals surface area contributed by atoms with E-state index in [1.54, 1.807) is 0 Å². The Morgan fingerprint density at radius 1 is 1.25 bits per heavy atom. The zero-order valence-corrected chi connectivity index (χ0v) is 13.4. The molecule has 7 heteroatoms. The Balaban J connectivity index is 1.67. The van der Waals surface area contributed by atoms with E-state index in [4.69, 9.17) is 16.3 Å². The number of nitrogens with one attached hydrogen (secondary N) is 1. The van der Waals surface area contributed by atoms with Crippen LogP contribution in [0, 0.1) is 5.92 Å². The quantitative estimate of drug-likeness (QED) is 0.842. The van der Waals surface area contributed by atoms with Gasteiger partial charge in [0.1, 0.15) is 5.82 Å². The van der Waals surface area contributed by atoms with Gasteiger partial charge in [0.15, 0.2) is 0 Å². The van der Waals surface area contributed by atoms with Gasteiger partial charge in [-0.05, 0) is 18.1 Å². The number of hydrogen-bond donors (Lipinski definition) is 1. The average Bonchev–Trinajstić information content (AvgIpc) is 3.02. The number of nitrogens with zero attached hydrogens (tertiary/aromatic N) is 1. The molecule has 2 aromatic rings. The molecule has 128 valence electrons. The lowest BCUT2D eigenvalue weighted by Gasteiger charge is -2.20. The van der Waals surface area contributed by atoms with Crippen LogP contribution in [0.25, 0.3) is 0 Å². The van der Waals surface area contributed by atoms with Crippen molar-refractivity contribution in [1.82, 2.24) is 4.98 Å². The molecule has 1 N–H and O–H groups in total. The lowest BCUT2D eigenvalue weighted by molar-refractivity contribution is -0.137. The maximum atomic E-state index is 12.6. The van der Waals surface area contributed by atoms with E-state index in [0.717, 1.165) is 24.2 Å². The number of alkyl halides is 3. The first-order valence-electron chi connectivity index (χ1n) is 7.58. The van der Waals surface area contributed by atoms with E-state index >= 15 is 0 Å². The third kappa shape index (κ3) is 3.82. The third-order valence-electron chi connectivity index (χ3n) is 4.04. The molecule has 1 aliphatic rings. The molecule has 0 saturated carbocycles. The van der Waals surface area contributed by atoms with Gasteiger partial charge in [0.25, 0.3) is 0 Å². The lowest BCUT2D eigenvalue weighted by Crippen LogP contribution is -2.19. The number of halogens is 4. The largest absolute Gasteiger partial charge is 0.417 e. The van der Waals surface area contributed by atoms with Crippen molar-refractivity contribution in [1.29, 1.82) is 0 Å². The minimum atomic E-state index is -4.45. The molecular formula is C17H16ClF3N2O. The van der Waals surface area contributed by atoms with Crippen LogP contribution in [-0.2, 0) is 10.9 Å². The smallest absolute Gasteiger partial charge is 0.373 e. The van der Waals surface area contributed by atoms with E-state index in [-0.39, 0.29) is 22.9 Å². The van der Waals surface area contributed by atoms with Gasteiger partial charge in [-0.1, -0.05) is 41.9 Å². The number of aromatic nitrogens is 1. The molecule has 2 unspecified atom stereocenters. The summed E-state index contributed by atoms with van der Waals surface area (Å²) >= 11 is 5.92. The number of ether oxygens (including phenoxy) is 1. The molecule has 0 spiro atoms. The molecular weight excluding hydrogens is 341 g/mol. The summed E-state index contributed by atoms with van der Waals surface area (Å²) in [6.07, 6.45) is -2.84. The molecule has 1 aromatic carbocycles. The SMILES string of the molecule is FC(F)(F)c1cnc(NCC2CCOC2c2ccccc2)c(Cl)c1. The first-order chi connectivity index (χ1) is 11.4. The van der Waals surface area contributed by atoms with Crippen LogP contribution in [0.3, 0.4) is 0 Å². The van der Waals surface area contributed by atoms with Gasteiger partial charge in [0, 0.05) is 25.3 Å². The minimum Gasteiger partial charge on any atom is -0.373 e. The Hall–Kier alpha value is -1.79. The third-order valence-corrected chi connectivity index (χ3v) is 4.33. The predicted octanol–water partition coefficient (Wildman–Crippen LogP) is 4.94. The van der Waals surface area contributed by atoms with E-state index in [9.17, 15) is 13.2 Å². The first-order valence-corrected chi connectivity index (χ1v) is 7.96. The Morgan fingerprint density at radius 3 is 2.67 bits per heavy atom. The summed E-state index contributed by atoms with van der Waals surface area (Å²) in [4.78, 5) is 3.80. The van der Waals surface area contributed by atoms with Gasteiger partial charge in [0.2, 0.25) is 0 Å². The van der Waals surface area contributed by atoms with Gasteiger partial charge in [-0.2, -0.15) is 13.2 Å². The summed E-state index contributed by atoms with van der Waals surface area (Å²) in [6, 6.07) is 10.7. The van der Waals surface area contributed by atoms with Crippen LogP contribution in [-0.4, -0.2) is 18.1 Å². The molecule has 1 aliphatic heterocycles. The fraction of sp³-hybridized carbons (Fsp3) is 0.353. The number of anilines is 1. The molecule has 1 saturated heterocycles. The molecule has 0 aliphatic carbocycles. The van der Waals surface area contributed by atoms with Crippen LogP contribution in [0.4, 0.5) is 19.0 Å². The van der Waals surface area contributed by atoms with Crippen molar-refractivity contribution in [3.05, 3.63) is 58.7 Å². The fourth-order valence-electron chi connectivity index (χ4n) is 2.80. The van der Waals surface area contributed by atoms with Crippen LogP contribution >= 0.6 is 11.6 Å². The van der Waals surface area contributed by atoms with Gasteiger partial charge in [0.05, 0.1) is 16.7 Å². The Labute approximate surface area is 142 Å². The maximum Gasteiger partial charge on any atom is 0.417 e. The zero-order valence-electron chi connectivity index (χ0n) is 12.7. The highest BCUT2D eigenvalue weighted by Crippen LogP contribution is 2.36. The number of rotatable bonds is 4. The highest BCUT2D eigenvalue weighted by atomic mass is 35.5. The minimum absolute atomic E-state index is 0.0353. The highest BCUT2D eigenvalue weighted by Gasteiger charge is 2.32. The van der Waals surface area contributed by atoms with Gasteiger partial charge in [-0.3, -0.25) is 0 Å². The van der Waals surface area contributed by atoms with E-state index in [2.05, 4.69) is 10.3 Å². The van der Waals surface area contributed by atoms with Crippen LogP contribution < -0.4 is 5.32 Å². The number of benzene rings is 1. The van der Waals surface area contributed by atoms with E-state index < -0.39 is 11.7 Å². The Morgan fingerprint density at radius 2 is 2.00 bits per heavy atom. The van der Waals surface area contributed by atoms with Crippen LogP contribution in [0.2, 0.25) is 5.02 Å². The second-order valence-electron chi connectivity index (χ2n) is 5.68.